The third-order valence-corrected chi connectivity index (χ3v) is 4.18. The third kappa shape index (κ3) is 3.98. The van der Waals surface area contributed by atoms with Gasteiger partial charge in [-0.1, -0.05) is 42.5 Å². The highest BCUT2D eigenvalue weighted by atomic mass is 19.1. The molecule has 1 N–H and O–H groups in total. The van der Waals surface area contributed by atoms with Gasteiger partial charge < -0.3 is 10.2 Å². The van der Waals surface area contributed by atoms with Crippen LogP contribution in [0.4, 0.5) is 4.39 Å². The molecule has 0 aromatic heterocycles. The van der Waals surface area contributed by atoms with Gasteiger partial charge in [0.1, 0.15) is 5.82 Å². The second-order valence-electron chi connectivity index (χ2n) is 6.01. The van der Waals surface area contributed by atoms with Gasteiger partial charge in [0.15, 0.2) is 0 Å². The van der Waals surface area contributed by atoms with E-state index in [0.29, 0.717) is 19.6 Å². The number of amides is 2. The molecule has 1 aliphatic heterocycles. The maximum Gasteiger partial charge on any atom is 0.225 e. The zero-order valence-corrected chi connectivity index (χ0v) is 13.2. The van der Waals surface area contributed by atoms with E-state index in [2.05, 4.69) is 5.32 Å². The van der Waals surface area contributed by atoms with Crippen molar-refractivity contribution in [2.75, 3.05) is 6.54 Å². The van der Waals surface area contributed by atoms with E-state index in [1.165, 1.54) is 12.1 Å². The maximum absolute atomic E-state index is 12.9. The van der Waals surface area contributed by atoms with Gasteiger partial charge in [-0.25, -0.2) is 4.39 Å². The van der Waals surface area contributed by atoms with Crippen molar-refractivity contribution in [2.45, 2.75) is 19.5 Å². The highest BCUT2D eigenvalue weighted by molar-refractivity contribution is 5.89. The molecule has 0 bridgehead atoms. The van der Waals surface area contributed by atoms with E-state index in [9.17, 15) is 14.0 Å². The fourth-order valence-electron chi connectivity index (χ4n) is 2.84. The Morgan fingerprint density at radius 2 is 1.79 bits per heavy atom. The lowest BCUT2D eigenvalue weighted by Crippen LogP contribution is -2.32. The summed E-state index contributed by atoms with van der Waals surface area (Å²) in [6.07, 6.45) is 0.224. The molecule has 0 aliphatic carbocycles. The standard InChI is InChI=1S/C19H19FN2O2/c20-17-8-6-15(7-9-17)12-22-13-16(10-18(22)23)19(24)21-11-14-4-2-1-3-5-14/h1-9,16H,10-13H2,(H,21,24)/t16-/m0/s1. The van der Waals surface area contributed by atoms with E-state index in [1.54, 1.807) is 17.0 Å². The average molecular weight is 326 g/mol. The van der Waals surface area contributed by atoms with Crippen LogP contribution in [0.2, 0.25) is 0 Å². The van der Waals surface area contributed by atoms with Crippen LogP contribution in [0.25, 0.3) is 0 Å². The van der Waals surface area contributed by atoms with Gasteiger partial charge in [0.25, 0.3) is 0 Å². The number of benzene rings is 2. The zero-order valence-electron chi connectivity index (χ0n) is 13.2. The molecule has 1 atom stereocenters. The molecule has 3 rings (SSSR count). The van der Waals surface area contributed by atoms with Crippen LogP contribution in [0, 0.1) is 11.7 Å². The van der Waals surface area contributed by atoms with Gasteiger partial charge >= 0.3 is 0 Å². The molecule has 2 amide bonds. The van der Waals surface area contributed by atoms with Crippen molar-refractivity contribution in [1.82, 2.24) is 10.2 Å². The number of hydrogen-bond acceptors (Lipinski definition) is 2. The van der Waals surface area contributed by atoms with E-state index in [-0.39, 0.29) is 30.0 Å². The van der Waals surface area contributed by atoms with Crippen LogP contribution in [0.3, 0.4) is 0 Å². The maximum atomic E-state index is 12.9. The fourth-order valence-corrected chi connectivity index (χ4v) is 2.84. The van der Waals surface area contributed by atoms with Gasteiger partial charge in [0, 0.05) is 26.1 Å². The summed E-state index contributed by atoms with van der Waals surface area (Å²) in [7, 11) is 0. The smallest absolute Gasteiger partial charge is 0.225 e. The van der Waals surface area contributed by atoms with E-state index in [4.69, 9.17) is 0 Å². The van der Waals surface area contributed by atoms with Crippen molar-refractivity contribution in [3.8, 4) is 0 Å². The second-order valence-corrected chi connectivity index (χ2v) is 6.01. The van der Waals surface area contributed by atoms with Crippen LogP contribution >= 0.6 is 0 Å². The first-order valence-corrected chi connectivity index (χ1v) is 7.95. The Morgan fingerprint density at radius 1 is 1.08 bits per heavy atom. The number of rotatable bonds is 5. The predicted molar refractivity (Wildman–Crippen MR) is 88.2 cm³/mol. The monoisotopic (exact) mass is 326 g/mol. The third-order valence-electron chi connectivity index (χ3n) is 4.18. The molecule has 4 nitrogen and oxygen atoms in total. The molecular weight excluding hydrogens is 307 g/mol. The number of halogens is 1. The van der Waals surface area contributed by atoms with E-state index >= 15 is 0 Å². The average Bonchev–Trinajstić information content (AvgIpc) is 2.96. The van der Waals surface area contributed by atoms with Gasteiger partial charge in [0.2, 0.25) is 11.8 Å². The number of nitrogens with zero attached hydrogens (tertiary/aromatic N) is 1. The number of nitrogens with one attached hydrogen (secondary N) is 1. The molecule has 0 spiro atoms. The summed E-state index contributed by atoms with van der Waals surface area (Å²) >= 11 is 0. The Bertz CT molecular complexity index is 716. The van der Waals surface area contributed by atoms with E-state index in [0.717, 1.165) is 11.1 Å². The lowest BCUT2D eigenvalue weighted by molar-refractivity contribution is -0.129. The molecular formula is C19H19FN2O2. The molecule has 1 aliphatic rings. The minimum absolute atomic E-state index is 0.0424. The Kier molecular flexibility index (Phi) is 4.89. The Morgan fingerprint density at radius 3 is 2.50 bits per heavy atom. The molecule has 1 fully saturated rings. The van der Waals surface area contributed by atoms with E-state index in [1.807, 2.05) is 30.3 Å². The minimum Gasteiger partial charge on any atom is -0.352 e. The molecule has 2 aromatic carbocycles. The van der Waals surface area contributed by atoms with Crippen molar-refractivity contribution in [2.24, 2.45) is 5.92 Å². The van der Waals surface area contributed by atoms with E-state index < -0.39 is 0 Å². The highest BCUT2D eigenvalue weighted by Gasteiger charge is 2.34. The first kappa shape index (κ1) is 16.2. The molecule has 5 heteroatoms. The van der Waals surface area contributed by atoms with Gasteiger partial charge in [-0.3, -0.25) is 9.59 Å². The normalized spacial score (nSPS) is 17.1. The highest BCUT2D eigenvalue weighted by Crippen LogP contribution is 2.20. The quantitative estimate of drug-likeness (QED) is 0.918. The Hall–Kier alpha value is -2.69. The van der Waals surface area contributed by atoms with Crippen LogP contribution in [0.5, 0.6) is 0 Å². The summed E-state index contributed by atoms with van der Waals surface area (Å²) in [4.78, 5) is 26.0. The van der Waals surface area contributed by atoms with Crippen molar-refractivity contribution >= 4 is 11.8 Å². The predicted octanol–water partition coefficient (Wildman–Crippen LogP) is 2.49. The number of likely N-dealkylation sites (tertiary alicyclic amines) is 1. The van der Waals surface area contributed by atoms with Crippen molar-refractivity contribution in [3.63, 3.8) is 0 Å². The summed E-state index contributed by atoms with van der Waals surface area (Å²) in [5.74, 6) is -0.778. The van der Waals surface area contributed by atoms with Gasteiger partial charge in [-0.15, -0.1) is 0 Å². The van der Waals surface area contributed by atoms with Crippen LogP contribution < -0.4 is 5.32 Å². The molecule has 24 heavy (non-hydrogen) atoms. The number of hydrogen-bond donors (Lipinski definition) is 1. The van der Waals surface area contributed by atoms with Crippen LogP contribution in [-0.2, 0) is 22.7 Å². The van der Waals surface area contributed by atoms with Crippen LogP contribution in [-0.4, -0.2) is 23.3 Å². The first-order chi connectivity index (χ1) is 11.6. The van der Waals surface area contributed by atoms with Crippen LogP contribution in [0.1, 0.15) is 17.5 Å². The lowest BCUT2D eigenvalue weighted by Gasteiger charge is -2.16. The number of carbonyl (C=O) groups is 2. The largest absolute Gasteiger partial charge is 0.352 e. The summed E-state index contributed by atoms with van der Waals surface area (Å²) in [6, 6.07) is 15.7. The Labute approximate surface area is 140 Å². The summed E-state index contributed by atoms with van der Waals surface area (Å²) in [6.45, 7) is 1.26. The van der Waals surface area contributed by atoms with Crippen molar-refractivity contribution in [1.29, 1.82) is 0 Å². The minimum atomic E-state index is -0.332. The van der Waals surface area contributed by atoms with Crippen molar-refractivity contribution in [3.05, 3.63) is 71.5 Å². The summed E-state index contributed by atoms with van der Waals surface area (Å²) in [5.41, 5.74) is 1.88. The molecule has 0 saturated carbocycles. The molecule has 1 saturated heterocycles. The SMILES string of the molecule is O=C(NCc1ccccc1)[C@H]1CC(=O)N(Cc2ccc(F)cc2)C1. The fraction of sp³-hybridized carbons (Fsp3) is 0.263. The van der Waals surface area contributed by atoms with Gasteiger partial charge in [-0.05, 0) is 23.3 Å². The Balaban J connectivity index is 1.53. The summed E-state index contributed by atoms with van der Waals surface area (Å²) < 4.78 is 12.9. The summed E-state index contributed by atoms with van der Waals surface area (Å²) in [5, 5.41) is 2.89. The van der Waals surface area contributed by atoms with Crippen molar-refractivity contribution < 1.29 is 14.0 Å². The molecule has 0 unspecified atom stereocenters. The van der Waals surface area contributed by atoms with Crippen LogP contribution in [0.15, 0.2) is 54.6 Å². The zero-order chi connectivity index (χ0) is 16.9. The molecule has 124 valence electrons. The van der Waals surface area contributed by atoms with Gasteiger partial charge in [-0.2, -0.15) is 0 Å². The lowest BCUT2D eigenvalue weighted by atomic mass is 10.1. The molecule has 2 aromatic rings. The topological polar surface area (TPSA) is 49.4 Å². The second kappa shape index (κ2) is 7.25. The molecule has 0 radical (unpaired) electrons. The first-order valence-electron chi connectivity index (χ1n) is 7.95. The number of carbonyl (C=O) groups excluding carboxylic acids is 2. The molecule has 1 heterocycles. The van der Waals surface area contributed by atoms with Gasteiger partial charge in [0.05, 0.1) is 5.92 Å².